The van der Waals surface area contributed by atoms with E-state index in [4.69, 9.17) is 11.0 Å². The molecule has 0 aromatic heterocycles. The van der Waals surface area contributed by atoms with Crippen LogP contribution in [0, 0.1) is 5.92 Å². The Morgan fingerprint density at radius 2 is 1.67 bits per heavy atom. The molecule has 0 heterocycles. The Morgan fingerprint density at radius 3 is 2.19 bits per heavy atom. The van der Waals surface area contributed by atoms with Gasteiger partial charge in [0.05, 0.1) is 12.3 Å². The topological polar surface area (TPSA) is 89.6 Å². The highest BCUT2D eigenvalue weighted by molar-refractivity contribution is 5.80. The number of carbonyl (C=O) groups excluding carboxylic acids is 1. The highest BCUT2D eigenvalue weighted by atomic mass is 16.7. The molecular weight excluding hydrogens is 270 g/mol. The maximum absolute atomic E-state index is 11.3. The molecule has 0 bridgehead atoms. The summed E-state index contributed by atoms with van der Waals surface area (Å²) in [6.45, 7) is 2.21. The van der Waals surface area contributed by atoms with Crippen LogP contribution in [0.1, 0.15) is 71.1 Å². The zero-order valence-corrected chi connectivity index (χ0v) is 13.1. The van der Waals surface area contributed by atoms with Gasteiger partial charge in [0.1, 0.15) is 0 Å². The summed E-state index contributed by atoms with van der Waals surface area (Å²) in [5.41, 5.74) is 0. The fourth-order valence-corrected chi connectivity index (χ4v) is 2.16. The molecule has 0 aromatic carbocycles. The van der Waals surface area contributed by atoms with Gasteiger partial charge in [-0.15, -0.1) is 0 Å². The van der Waals surface area contributed by atoms with E-state index in [1.54, 1.807) is 6.08 Å². The van der Waals surface area contributed by atoms with Crippen LogP contribution in [-0.4, -0.2) is 17.0 Å². The smallest absolute Gasteiger partial charge is 0.331 e. The van der Waals surface area contributed by atoms with Gasteiger partial charge in [0.15, 0.2) is 0 Å². The Balaban J connectivity index is 3.71. The first-order chi connectivity index (χ1) is 10.1. The van der Waals surface area contributed by atoms with Gasteiger partial charge < -0.3 is 9.94 Å². The van der Waals surface area contributed by atoms with Crippen molar-refractivity contribution in [1.82, 2.24) is 0 Å². The number of aliphatic carboxylic acids is 1. The molecule has 21 heavy (non-hydrogen) atoms. The largest absolute Gasteiger partial charge is 0.481 e. The maximum Gasteiger partial charge on any atom is 0.331 e. The Kier molecular flexibility index (Phi) is 12.7. The molecule has 5 nitrogen and oxygen atoms in total. The van der Waals surface area contributed by atoms with Crippen LogP contribution in [0.25, 0.3) is 0 Å². The van der Waals surface area contributed by atoms with Crippen LogP contribution >= 0.6 is 0 Å². The molecule has 122 valence electrons. The first-order valence-corrected chi connectivity index (χ1v) is 7.90. The van der Waals surface area contributed by atoms with Gasteiger partial charge in [0.2, 0.25) is 0 Å². The summed E-state index contributed by atoms with van der Waals surface area (Å²) in [5, 5.41) is 8.71. The fraction of sp³-hybridized carbons (Fsp3) is 0.750. The predicted molar refractivity (Wildman–Crippen MR) is 82.4 cm³/mol. The van der Waals surface area contributed by atoms with Gasteiger partial charge in [-0.2, -0.15) is 5.90 Å². The van der Waals surface area contributed by atoms with E-state index in [1.807, 2.05) is 6.08 Å². The highest BCUT2D eigenvalue weighted by Gasteiger charge is 2.19. The normalized spacial score (nSPS) is 12.5. The summed E-state index contributed by atoms with van der Waals surface area (Å²) >= 11 is 0. The summed E-state index contributed by atoms with van der Waals surface area (Å²) in [5.74, 6) is 2.26. The van der Waals surface area contributed by atoms with E-state index in [1.165, 1.54) is 44.9 Å². The maximum atomic E-state index is 11.3. The molecule has 1 atom stereocenters. The number of carboxylic acid groups (broad SMARTS) is 1. The molecule has 0 saturated heterocycles. The summed E-state index contributed by atoms with van der Waals surface area (Å²) in [6.07, 6.45) is 14.0. The molecule has 0 aliphatic rings. The molecule has 0 aliphatic carbocycles. The van der Waals surface area contributed by atoms with Crippen molar-refractivity contribution >= 4 is 11.9 Å². The van der Waals surface area contributed by atoms with Crippen molar-refractivity contribution in [3.05, 3.63) is 12.2 Å². The van der Waals surface area contributed by atoms with E-state index < -0.39 is 17.9 Å². The second-order valence-corrected chi connectivity index (χ2v) is 5.33. The van der Waals surface area contributed by atoms with Crippen molar-refractivity contribution in [3.63, 3.8) is 0 Å². The number of carboxylic acids is 1. The van der Waals surface area contributed by atoms with E-state index in [0.717, 1.165) is 12.8 Å². The summed E-state index contributed by atoms with van der Waals surface area (Å²) in [4.78, 5) is 26.0. The molecule has 0 aliphatic heterocycles. The average Bonchev–Trinajstić information content (AvgIpc) is 2.46. The molecule has 0 amide bonds. The van der Waals surface area contributed by atoms with Crippen molar-refractivity contribution in [1.29, 1.82) is 0 Å². The third-order valence-corrected chi connectivity index (χ3v) is 3.41. The SMILES string of the molecule is CCCCCCCCCCC=CC(CC(=O)O)C(=O)ON. The van der Waals surface area contributed by atoms with Crippen LogP contribution in [0.15, 0.2) is 12.2 Å². The quantitative estimate of drug-likeness (QED) is 0.308. The number of hydrogen-bond donors (Lipinski definition) is 2. The molecule has 0 saturated carbocycles. The minimum absolute atomic E-state index is 0.288. The number of nitrogens with two attached hydrogens (primary N) is 1. The van der Waals surface area contributed by atoms with Gasteiger partial charge in [0, 0.05) is 0 Å². The second kappa shape index (κ2) is 13.6. The van der Waals surface area contributed by atoms with Gasteiger partial charge in [-0.1, -0.05) is 64.0 Å². The zero-order chi connectivity index (χ0) is 15.9. The van der Waals surface area contributed by atoms with Gasteiger partial charge in [0.25, 0.3) is 0 Å². The monoisotopic (exact) mass is 299 g/mol. The number of carbonyl (C=O) groups is 2. The average molecular weight is 299 g/mol. The van der Waals surface area contributed by atoms with E-state index in [0.29, 0.717) is 0 Å². The molecule has 1 unspecified atom stereocenters. The third kappa shape index (κ3) is 12.1. The predicted octanol–water partition coefficient (Wildman–Crippen LogP) is 3.58. The summed E-state index contributed by atoms with van der Waals surface area (Å²) < 4.78 is 0. The fourth-order valence-electron chi connectivity index (χ4n) is 2.16. The Morgan fingerprint density at radius 1 is 1.10 bits per heavy atom. The van der Waals surface area contributed by atoms with E-state index >= 15 is 0 Å². The minimum Gasteiger partial charge on any atom is -0.481 e. The minimum atomic E-state index is -1.04. The molecule has 5 heteroatoms. The van der Waals surface area contributed by atoms with Crippen molar-refractivity contribution in [2.75, 3.05) is 0 Å². The van der Waals surface area contributed by atoms with Crippen LogP contribution in [0.5, 0.6) is 0 Å². The molecule has 3 N–H and O–H groups in total. The van der Waals surface area contributed by atoms with Crippen molar-refractivity contribution < 1.29 is 19.5 Å². The summed E-state index contributed by atoms with van der Waals surface area (Å²) in [6, 6.07) is 0. The number of rotatable bonds is 13. The molecular formula is C16H29NO4. The first kappa shape index (κ1) is 19.6. The van der Waals surface area contributed by atoms with E-state index in [-0.39, 0.29) is 6.42 Å². The van der Waals surface area contributed by atoms with E-state index in [9.17, 15) is 9.59 Å². The van der Waals surface area contributed by atoms with Gasteiger partial charge in [-0.3, -0.25) is 4.79 Å². The standard InChI is InChI=1S/C16H29NO4/c1-2-3-4-5-6-7-8-9-10-11-12-14(13-15(18)19)16(20)21-17/h11-12,14H,2-10,13,17H2,1H3,(H,18,19). The molecule has 0 fully saturated rings. The first-order valence-electron chi connectivity index (χ1n) is 7.90. The Hall–Kier alpha value is -1.36. The van der Waals surface area contributed by atoms with Crippen molar-refractivity contribution in [3.8, 4) is 0 Å². The van der Waals surface area contributed by atoms with Crippen LogP contribution in [0.2, 0.25) is 0 Å². The Labute approximate surface area is 127 Å². The van der Waals surface area contributed by atoms with Gasteiger partial charge in [-0.25, -0.2) is 4.79 Å². The van der Waals surface area contributed by atoms with Crippen LogP contribution in [0.4, 0.5) is 0 Å². The zero-order valence-electron chi connectivity index (χ0n) is 13.1. The number of unbranched alkanes of at least 4 members (excludes halogenated alkanes) is 8. The lowest BCUT2D eigenvalue weighted by atomic mass is 10.0. The van der Waals surface area contributed by atoms with Gasteiger partial charge in [-0.05, 0) is 12.8 Å². The lowest BCUT2D eigenvalue weighted by molar-refractivity contribution is -0.151. The lowest BCUT2D eigenvalue weighted by Gasteiger charge is -2.06. The number of allylic oxidation sites excluding steroid dienone is 1. The van der Waals surface area contributed by atoms with Crippen LogP contribution in [-0.2, 0) is 14.4 Å². The number of hydrogen-bond acceptors (Lipinski definition) is 4. The molecule has 0 rings (SSSR count). The van der Waals surface area contributed by atoms with Crippen LogP contribution in [0.3, 0.4) is 0 Å². The molecule has 0 spiro atoms. The Bertz CT molecular complexity index is 315. The summed E-state index contributed by atoms with van der Waals surface area (Å²) in [7, 11) is 0. The van der Waals surface area contributed by atoms with Crippen molar-refractivity contribution in [2.45, 2.75) is 71.1 Å². The van der Waals surface area contributed by atoms with Gasteiger partial charge >= 0.3 is 11.9 Å². The molecule has 0 aromatic rings. The highest BCUT2D eigenvalue weighted by Crippen LogP contribution is 2.12. The lowest BCUT2D eigenvalue weighted by Crippen LogP contribution is -2.21. The molecule has 0 radical (unpaired) electrons. The second-order valence-electron chi connectivity index (χ2n) is 5.33. The van der Waals surface area contributed by atoms with Crippen LogP contribution < -0.4 is 5.90 Å². The van der Waals surface area contributed by atoms with Crippen molar-refractivity contribution in [2.24, 2.45) is 11.8 Å². The third-order valence-electron chi connectivity index (χ3n) is 3.41. The van der Waals surface area contributed by atoms with E-state index in [2.05, 4.69) is 11.8 Å².